The van der Waals surface area contributed by atoms with E-state index >= 15 is 0 Å². The Hall–Kier alpha value is -2.12. The van der Waals surface area contributed by atoms with Crippen molar-refractivity contribution in [2.45, 2.75) is 32.6 Å². The van der Waals surface area contributed by atoms with Crippen LogP contribution in [0.2, 0.25) is 0 Å². The van der Waals surface area contributed by atoms with Gasteiger partial charge in [-0.2, -0.15) is 0 Å². The summed E-state index contributed by atoms with van der Waals surface area (Å²) < 4.78 is 0. The SMILES string of the molecule is Cc1ccc(C#CCO)c(N2C(=O)CCCCC2=O)c1. The predicted molar refractivity (Wildman–Crippen MR) is 76.1 cm³/mol. The summed E-state index contributed by atoms with van der Waals surface area (Å²) in [5.41, 5.74) is 2.08. The second-order valence-corrected chi connectivity index (χ2v) is 4.81. The van der Waals surface area contributed by atoms with Crippen LogP contribution in [0.3, 0.4) is 0 Å². The van der Waals surface area contributed by atoms with Crippen LogP contribution in [0.25, 0.3) is 0 Å². The summed E-state index contributed by atoms with van der Waals surface area (Å²) in [7, 11) is 0. The molecule has 0 aromatic heterocycles. The number of aryl methyl sites for hydroxylation is 1. The quantitative estimate of drug-likeness (QED) is 0.625. The van der Waals surface area contributed by atoms with Gasteiger partial charge in [0.25, 0.3) is 0 Å². The number of hydrogen-bond acceptors (Lipinski definition) is 3. The molecule has 1 aromatic carbocycles. The van der Waals surface area contributed by atoms with Crippen LogP contribution in [-0.4, -0.2) is 23.5 Å². The van der Waals surface area contributed by atoms with Crippen LogP contribution in [0, 0.1) is 18.8 Å². The van der Waals surface area contributed by atoms with Crippen LogP contribution < -0.4 is 4.90 Å². The van der Waals surface area contributed by atoms with Crippen molar-refractivity contribution < 1.29 is 14.7 Å². The molecule has 0 aliphatic carbocycles. The Morgan fingerprint density at radius 3 is 2.45 bits per heavy atom. The summed E-state index contributed by atoms with van der Waals surface area (Å²) in [5, 5.41) is 8.81. The third kappa shape index (κ3) is 3.06. The summed E-state index contributed by atoms with van der Waals surface area (Å²) in [6, 6.07) is 5.44. The fourth-order valence-corrected chi connectivity index (χ4v) is 2.25. The molecule has 0 spiro atoms. The largest absolute Gasteiger partial charge is 0.384 e. The molecule has 2 amide bonds. The van der Waals surface area contributed by atoms with Gasteiger partial charge in [-0.3, -0.25) is 9.59 Å². The molecule has 1 saturated heterocycles. The van der Waals surface area contributed by atoms with Gasteiger partial charge in [0.2, 0.25) is 11.8 Å². The lowest BCUT2D eigenvalue weighted by Crippen LogP contribution is -2.35. The number of rotatable bonds is 1. The van der Waals surface area contributed by atoms with E-state index in [0.717, 1.165) is 18.4 Å². The topological polar surface area (TPSA) is 57.6 Å². The van der Waals surface area contributed by atoms with Gasteiger partial charge >= 0.3 is 0 Å². The fourth-order valence-electron chi connectivity index (χ4n) is 2.25. The monoisotopic (exact) mass is 271 g/mol. The Kier molecular flexibility index (Phi) is 4.54. The maximum Gasteiger partial charge on any atom is 0.233 e. The number of aliphatic hydroxyl groups excluding tert-OH is 1. The first-order chi connectivity index (χ1) is 9.63. The molecule has 4 heteroatoms. The number of benzene rings is 1. The van der Waals surface area contributed by atoms with Crippen LogP contribution in [0.15, 0.2) is 18.2 Å². The molecule has 20 heavy (non-hydrogen) atoms. The molecule has 0 atom stereocenters. The highest BCUT2D eigenvalue weighted by Gasteiger charge is 2.27. The summed E-state index contributed by atoms with van der Waals surface area (Å²) in [4.78, 5) is 25.6. The molecule has 0 radical (unpaired) electrons. The summed E-state index contributed by atoms with van der Waals surface area (Å²) in [6.07, 6.45) is 2.24. The lowest BCUT2D eigenvalue weighted by molar-refractivity contribution is -0.125. The van der Waals surface area contributed by atoms with E-state index in [1.54, 1.807) is 12.1 Å². The van der Waals surface area contributed by atoms with E-state index in [-0.39, 0.29) is 18.4 Å². The van der Waals surface area contributed by atoms with E-state index in [4.69, 9.17) is 5.11 Å². The maximum atomic E-state index is 12.2. The zero-order chi connectivity index (χ0) is 14.5. The molecular formula is C16H17NO3. The van der Waals surface area contributed by atoms with Crippen LogP contribution in [0.5, 0.6) is 0 Å². The molecule has 0 unspecified atom stereocenters. The second-order valence-electron chi connectivity index (χ2n) is 4.81. The van der Waals surface area contributed by atoms with Crippen molar-refractivity contribution in [1.82, 2.24) is 0 Å². The normalized spacial score (nSPS) is 15.6. The highest BCUT2D eigenvalue weighted by molar-refractivity contribution is 6.16. The lowest BCUT2D eigenvalue weighted by Gasteiger charge is -2.20. The van der Waals surface area contributed by atoms with Crippen molar-refractivity contribution >= 4 is 17.5 Å². The van der Waals surface area contributed by atoms with E-state index in [9.17, 15) is 9.59 Å². The molecule has 1 aliphatic rings. The van der Waals surface area contributed by atoms with Gasteiger partial charge in [0.15, 0.2) is 0 Å². The average Bonchev–Trinajstić information content (AvgIpc) is 2.58. The number of nitrogens with zero attached hydrogens (tertiary/aromatic N) is 1. The van der Waals surface area contributed by atoms with Gasteiger partial charge in [0.1, 0.15) is 6.61 Å². The highest BCUT2D eigenvalue weighted by Crippen LogP contribution is 2.26. The summed E-state index contributed by atoms with van der Waals surface area (Å²) in [5.74, 6) is 5.02. The maximum absolute atomic E-state index is 12.2. The minimum absolute atomic E-state index is 0.176. The van der Waals surface area contributed by atoms with Crippen molar-refractivity contribution in [2.24, 2.45) is 0 Å². The number of hydrogen-bond donors (Lipinski definition) is 1. The van der Waals surface area contributed by atoms with Crippen LogP contribution in [0.1, 0.15) is 36.8 Å². The molecule has 1 N–H and O–H groups in total. The summed E-state index contributed by atoms with van der Waals surface area (Å²) in [6.45, 7) is 1.65. The van der Waals surface area contributed by atoms with Gasteiger partial charge in [-0.15, -0.1) is 0 Å². The van der Waals surface area contributed by atoms with E-state index in [2.05, 4.69) is 11.8 Å². The Morgan fingerprint density at radius 2 is 1.85 bits per heavy atom. The number of carbonyl (C=O) groups excluding carboxylic acids is 2. The van der Waals surface area contributed by atoms with Gasteiger partial charge in [-0.1, -0.05) is 17.9 Å². The van der Waals surface area contributed by atoms with Gasteiger partial charge < -0.3 is 5.11 Å². The first-order valence-corrected chi connectivity index (χ1v) is 6.69. The molecule has 1 aliphatic heterocycles. The minimum Gasteiger partial charge on any atom is -0.384 e. The third-order valence-electron chi connectivity index (χ3n) is 3.23. The molecular weight excluding hydrogens is 254 g/mol. The zero-order valence-electron chi connectivity index (χ0n) is 11.5. The molecule has 1 heterocycles. The first kappa shape index (κ1) is 14.3. The van der Waals surface area contributed by atoms with Crippen molar-refractivity contribution in [3.05, 3.63) is 29.3 Å². The van der Waals surface area contributed by atoms with Crippen molar-refractivity contribution in [1.29, 1.82) is 0 Å². The smallest absolute Gasteiger partial charge is 0.233 e. The van der Waals surface area contributed by atoms with Crippen molar-refractivity contribution in [2.75, 3.05) is 11.5 Å². The Morgan fingerprint density at radius 1 is 1.20 bits per heavy atom. The first-order valence-electron chi connectivity index (χ1n) is 6.69. The molecule has 4 nitrogen and oxygen atoms in total. The van der Waals surface area contributed by atoms with Gasteiger partial charge in [0, 0.05) is 18.4 Å². The standard InChI is InChI=1S/C16H17NO3/c1-12-8-9-13(5-4-10-18)14(11-12)17-15(19)6-2-3-7-16(17)20/h8-9,11,18H,2-3,6-7,10H2,1H3. The molecule has 2 rings (SSSR count). The zero-order valence-corrected chi connectivity index (χ0v) is 11.5. The molecule has 0 saturated carbocycles. The van der Waals surface area contributed by atoms with Crippen molar-refractivity contribution in [3.63, 3.8) is 0 Å². The van der Waals surface area contributed by atoms with Gasteiger partial charge in [-0.25, -0.2) is 4.90 Å². The molecule has 1 aromatic rings. The highest BCUT2D eigenvalue weighted by atomic mass is 16.2. The molecule has 104 valence electrons. The number of anilines is 1. The Balaban J connectivity index is 2.50. The van der Waals surface area contributed by atoms with Gasteiger partial charge in [-0.05, 0) is 37.5 Å². The number of amides is 2. The summed E-state index contributed by atoms with van der Waals surface area (Å²) >= 11 is 0. The lowest BCUT2D eigenvalue weighted by atomic mass is 10.1. The average molecular weight is 271 g/mol. The van der Waals surface area contributed by atoms with Crippen molar-refractivity contribution in [3.8, 4) is 11.8 Å². The second kappa shape index (κ2) is 6.36. The third-order valence-corrected chi connectivity index (χ3v) is 3.23. The number of imide groups is 1. The number of aliphatic hydroxyl groups is 1. The predicted octanol–water partition coefficient (Wildman–Crippen LogP) is 1.77. The van der Waals surface area contributed by atoms with E-state index in [1.165, 1.54) is 4.90 Å². The number of carbonyl (C=O) groups is 2. The molecule has 1 fully saturated rings. The van der Waals surface area contributed by atoms with Crippen LogP contribution in [0.4, 0.5) is 5.69 Å². The fraction of sp³-hybridized carbons (Fsp3) is 0.375. The van der Waals surface area contributed by atoms with Crippen LogP contribution in [-0.2, 0) is 9.59 Å². The van der Waals surface area contributed by atoms with E-state index < -0.39 is 0 Å². The van der Waals surface area contributed by atoms with Crippen LogP contribution >= 0.6 is 0 Å². The molecule has 0 bridgehead atoms. The minimum atomic E-state index is -0.255. The van der Waals surface area contributed by atoms with Gasteiger partial charge in [0.05, 0.1) is 5.69 Å². The Bertz CT molecular complexity index is 577. The van der Waals surface area contributed by atoms with E-state index in [1.807, 2.05) is 13.0 Å². The Labute approximate surface area is 118 Å². The van der Waals surface area contributed by atoms with E-state index in [0.29, 0.717) is 24.1 Å².